The van der Waals surface area contributed by atoms with Gasteiger partial charge in [-0.05, 0) is 30.3 Å². The number of aromatic nitrogens is 1. The van der Waals surface area contributed by atoms with Crippen LogP contribution in [-0.2, 0) is 0 Å². The molecule has 1 fully saturated rings. The lowest BCUT2D eigenvalue weighted by molar-refractivity contribution is 0.0534. The second kappa shape index (κ2) is 7.29. The summed E-state index contributed by atoms with van der Waals surface area (Å²) in [6.07, 6.45) is 1.48. The predicted molar refractivity (Wildman–Crippen MR) is 95.3 cm³/mol. The molecule has 0 saturated carbocycles. The van der Waals surface area contributed by atoms with Gasteiger partial charge in [0, 0.05) is 37.4 Å². The largest absolute Gasteiger partial charge is 0.335 e. The topological polar surface area (TPSA) is 73.5 Å². The minimum absolute atomic E-state index is 0.100. The fourth-order valence-corrected chi connectivity index (χ4v) is 3.20. The number of benzene rings is 1. The Kier molecular flexibility index (Phi) is 5.11. The molecular weight excluding hydrogens is 365 g/mol. The second-order valence-electron chi connectivity index (χ2n) is 5.62. The number of hydrogen-bond acceptors (Lipinski definition) is 3. The molecule has 0 bridgehead atoms. The molecule has 3 rings (SSSR count). The van der Waals surface area contributed by atoms with Crippen molar-refractivity contribution in [3.05, 3.63) is 68.1 Å². The van der Waals surface area contributed by atoms with Crippen molar-refractivity contribution >= 4 is 35.0 Å². The third-order valence-corrected chi connectivity index (χ3v) is 4.61. The smallest absolute Gasteiger partial charge is 0.260 e. The Morgan fingerprint density at radius 2 is 1.52 bits per heavy atom. The van der Waals surface area contributed by atoms with Crippen LogP contribution in [0.4, 0.5) is 0 Å². The fourth-order valence-electron chi connectivity index (χ4n) is 2.71. The summed E-state index contributed by atoms with van der Waals surface area (Å²) in [4.78, 5) is 42.4. The molecule has 0 spiro atoms. The summed E-state index contributed by atoms with van der Waals surface area (Å²) in [6.45, 7) is 1.44. The quantitative estimate of drug-likeness (QED) is 0.869. The van der Waals surface area contributed by atoms with Gasteiger partial charge in [0.15, 0.2) is 0 Å². The van der Waals surface area contributed by atoms with Crippen molar-refractivity contribution < 1.29 is 9.59 Å². The van der Waals surface area contributed by atoms with E-state index in [0.29, 0.717) is 41.8 Å². The van der Waals surface area contributed by atoms with Crippen LogP contribution in [0.25, 0.3) is 0 Å². The van der Waals surface area contributed by atoms with Crippen LogP contribution in [0.5, 0.6) is 0 Å². The molecule has 6 nitrogen and oxygen atoms in total. The summed E-state index contributed by atoms with van der Waals surface area (Å²) in [5, 5.41) is 0.761. The van der Waals surface area contributed by atoms with Gasteiger partial charge in [-0.2, -0.15) is 0 Å². The highest BCUT2D eigenvalue weighted by Crippen LogP contribution is 2.23. The van der Waals surface area contributed by atoms with E-state index in [1.54, 1.807) is 28.0 Å². The molecule has 1 aliphatic rings. The zero-order chi connectivity index (χ0) is 18.0. The predicted octanol–water partition coefficient (Wildman–Crippen LogP) is 2.28. The van der Waals surface area contributed by atoms with Crippen molar-refractivity contribution in [2.45, 2.75) is 0 Å². The number of rotatable bonds is 2. The summed E-state index contributed by atoms with van der Waals surface area (Å²) in [6, 6.07) is 7.83. The molecule has 0 aliphatic carbocycles. The Morgan fingerprint density at radius 1 is 0.920 bits per heavy atom. The Bertz CT molecular complexity index is 873. The van der Waals surface area contributed by atoms with Crippen molar-refractivity contribution in [2.75, 3.05) is 26.2 Å². The monoisotopic (exact) mass is 379 g/mol. The summed E-state index contributed by atoms with van der Waals surface area (Å²) in [5.74, 6) is -0.537. The van der Waals surface area contributed by atoms with Crippen LogP contribution < -0.4 is 5.56 Å². The number of pyridine rings is 1. The Labute approximate surface area is 154 Å². The highest BCUT2D eigenvalue weighted by molar-refractivity contribution is 6.36. The van der Waals surface area contributed by atoms with E-state index in [2.05, 4.69) is 4.98 Å². The number of amides is 2. The van der Waals surface area contributed by atoms with Crippen LogP contribution in [0, 0.1) is 0 Å². The Balaban J connectivity index is 1.67. The molecule has 0 radical (unpaired) electrons. The van der Waals surface area contributed by atoms with Crippen molar-refractivity contribution in [1.82, 2.24) is 14.8 Å². The second-order valence-corrected chi connectivity index (χ2v) is 6.47. The molecular formula is C17H15Cl2N3O3. The molecule has 2 heterocycles. The minimum atomic E-state index is -0.418. The van der Waals surface area contributed by atoms with Gasteiger partial charge in [0.25, 0.3) is 17.4 Å². The third-order valence-electron chi connectivity index (χ3n) is 4.06. The molecule has 25 heavy (non-hydrogen) atoms. The maximum atomic E-state index is 12.6. The number of H-pyrrole nitrogens is 1. The maximum absolute atomic E-state index is 12.6. The number of piperazine rings is 1. The van der Waals surface area contributed by atoms with Crippen LogP contribution >= 0.6 is 23.2 Å². The number of halogens is 2. The first-order chi connectivity index (χ1) is 12.0. The first kappa shape index (κ1) is 17.5. The summed E-state index contributed by atoms with van der Waals surface area (Å²) >= 11 is 11.9. The number of aromatic amines is 1. The molecule has 1 aromatic carbocycles. The van der Waals surface area contributed by atoms with Crippen molar-refractivity contribution in [1.29, 1.82) is 0 Å². The first-order valence-corrected chi connectivity index (χ1v) is 8.44. The molecule has 1 aliphatic heterocycles. The molecule has 2 amide bonds. The van der Waals surface area contributed by atoms with Gasteiger partial charge in [-0.15, -0.1) is 0 Å². The molecule has 1 saturated heterocycles. The lowest BCUT2D eigenvalue weighted by Crippen LogP contribution is -2.51. The lowest BCUT2D eigenvalue weighted by atomic mass is 10.1. The summed E-state index contributed by atoms with van der Waals surface area (Å²) in [7, 11) is 0. The molecule has 0 unspecified atom stereocenters. The van der Waals surface area contributed by atoms with E-state index in [1.807, 2.05) is 0 Å². The summed E-state index contributed by atoms with van der Waals surface area (Å²) < 4.78 is 0. The summed E-state index contributed by atoms with van der Waals surface area (Å²) in [5.41, 5.74) is 0.0623. The SMILES string of the molecule is O=C(c1ccc(Cl)cc1Cl)N1CCN(C(=O)c2ccc[nH]c2=O)CC1. The van der Waals surface area contributed by atoms with E-state index < -0.39 is 5.56 Å². The van der Waals surface area contributed by atoms with Crippen LogP contribution in [0.15, 0.2) is 41.3 Å². The zero-order valence-corrected chi connectivity index (χ0v) is 14.7. The van der Waals surface area contributed by atoms with Crippen molar-refractivity contribution in [2.24, 2.45) is 0 Å². The molecule has 8 heteroatoms. The zero-order valence-electron chi connectivity index (χ0n) is 13.2. The van der Waals surface area contributed by atoms with Crippen LogP contribution in [-0.4, -0.2) is 52.8 Å². The van der Waals surface area contributed by atoms with Gasteiger partial charge in [0.05, 0.1) is 10.6 Å². The van der Waals surface area contributed by atoms with Gasteiger partial charge in [-0.1, -0.05) is 23.2 Å². The van der Waals surface area contributed by atoms with E-state index >= 15 is 0 Å². The molecule has 0 atom stereocenters. The van der Waals surface area contributed by atoms with Gasteiger partial charge in [0.2, 0.25) is 0 Å². The number of nitrogens with one attached hydrogen (secondary N) is 1. The van der Waals surface area contributed by atoms with Crippen molar-refractivity contribution in [3.63, 3.8) is 0 Å². The number of carbonyl (C=O) groups is 2. The standard InChI is InChI=1S/C17H15Cl2N3O3/c18-11-3-4-12(14(19)10-11)16(24)21-6-8-22(9-7-21)17(25)13-2-1-5-20-15(13)23/h1-5,10H,6-9H2,(H,20,23). The fraction of sp³-hybridized carbons (Fsp3) is 0.235. The third kappa shape index (κ3) is 3.70. The van der Waals surface area contributed by atoms with Gasteiger partial charge < -0.3 is 14.8 Å². The first-order valence-electron chi connectivity index (χ1n) is 7.68. The van der Waals surface area contributed by atoms with E-state index in [4.69, 9.17) is 23.2 Å². The van der Waals surface area contributed by atoms with E-state index in [9.17, 15) is 14.4 Å². The molecule has 1 aromatic heterocycles. The van der Waals surface area contributed by atoms with Crippen LogP contribution in [0.2, 0.25) is 10.0 Å². The van der Waals surface area contributed by atoms with E-state index in [0.717, 1.165) is 0 Å². The number of carbonyl (C=O) groups excluding carboxylic acids is 2. The van der Waals surface area contributed by atoms with Gasteiger partial charge in [-0.25, -0.2) is 0 Å². The molecule has 130 valence electrons. The Hall–Kier alpha value is -2.31. The highest BCUT2D eigenvalue weighted by atomic mass is 35.5. The van der Waals surface area contributed by atoms with Gasteiger partial charge >= 0.3 is 0 Å². The highest BCUT2D eigenvalue weighted by Gasteiger charge is 2.27. The minimum Gasteiger partial charge on any atom is -0.335 e. The number of hydrogen-bond donors (Lipinski definition) is 1. The Morgan fingerprint density at radius 3 is 2.08 bits per heavy atom. The average molecular weight is 380 g/mol. The van der Waals surface area contributed by atoms with Crippen molar-refractivity contribution in [3.8, 4) is 0 Å². The number of nitrogens with zero attached hydrogens (tertiary/aromatic N) is 2. The van der Waals surface area contributed by atoms with Gasteiger partial charge in [-0.3, -0.25) is 14.4 Å². The molecule has 1 N–H and O–H groups in total. The average Bonchev–Trinajstić information content (AvgIpc) is 2.61. The van der Waals surface area contributed by atoms with Crippen LogP contribution in [0.1, 0.15) is 20.7 Å². The maximum Gasteiger partial charge on any atom is 0.260 e. The normalized spacial score (nSPS) is 14.5. The van der Waals surface area contributed by atoms with E-state index in [1.165, 1.54) is 18.3 Å². The molecule has 2 aromatic rings. The van der Waals surface area contributed by atoms with Gasteiger partial charge in [0.1, 0.15) is 5.56 Å². The lowest BCUT2D eigenvalue weighted by Gasteiger charge is -2.34. The van der Waals surface area contributed by atoms with E-state index in [-0.39, 0.29) is 17.4 Å². The van der Waals surface area contributed by atoms with Crippen LogP contribution in [0.3, 0.4) is 0 Å².